The van der Waals surface area contributed by atoms with Crippen LogP contribution >= 0.6 is 0 Å². The molecule has 160 valence electrons. The molecule has 3 rings (SSSR count). The summed E-state index contributed by atoms with van der Waals surface area (Å²) in [4.78, 5) is 26.3. The number of benzene rings is 1. The van der Waals surface area contributed by atoms with Crippen LogP contribution in [0.5, 0.6) is 11.5 Å². The van der Waals surface area contributed by atoms with E-state index in [1.807, 2.05) is 26.0 Å². The Morgan fingerprint density at radius 1 is 1.07 bits per heavy atom. The molecule has 0 atom stereocenters. The maximum atomic E-state index is 12.4. The van der Waals surface area contributed by atoms with Gasteiger partial charge in [-0.2, -0.15) is 0 Å². The minimum Gasteiger partial charge on any atom is -0.454 e. The first-order chi connectivity index (χ1) is 14.1. The number of nitrogens with one attached hydrogen (secondary N) is 1. The van der Waals surface area contributed by atoms with Gasteiger partial charge in [0, 0.05) is 51.1 Å². The zero-order chi connectivity index (χ0) is 20.7. The minimum atomic E-state index is -0.175. The maximum Gasteiger partial charge on any atom is 0.231 e. The molecule has 1 aromatic rings. The quantitative estimate of drug-likeness (QED) is 0.685. The predicted octanol–water partition coefficient (Wildman–Crippen LogP) is 2.62. The number of ether oxygens (including phenoxy) is 3. The van der Waals surface area contributed by atoms with Crippen molar-refractivity contribution in [3.63, 3.8) is 0 Å². The Morgan fingerprint density at radius 2 is 1.79 bits per heavy atom. The number of carbonyl (C=O) groups is 2. The molecule has 1 saturated heterocycles. The van der Waals surface area contributed by atoms with Crippen LogP contribution in [0.2, 0.25) is 0 Å². The third kappa shape index (κ3) is 5.21. The fourth-order valence-electron chi connectivity index (χ4n) is 4.05. The van der Waals surface area contributed by atoms with Gasteiger partial charge in [0.15, 0.2) is 11.5 Å². The zero-order valence-electron chi connectivity index (χ0n) is 17.5. The van der Waals surface area contributed by atoms with Crippen molar-refractivity contribution in [1.29, 1.82) is 0 Å². The normalized spacial score (nSPS) is 17.0. The number of fused-ring (bicyclic) bond motifs is 1. The lowest BCUT2D eigenvalue weighted by Crippen LogP contribution is -2.44. The lowest BCUT2D eigenvalue weighted by Gasteiger charge is -2.38. The van der Waals surface area contributed by atoms with E-state index in [-0.39, 0.29) is 24.0 Å². The van der Waals surface area contributed by atoms with Crippen LogP contribution in [0.4, 0.5) is 0 Å². The molecule has 1 aromatic carbocycles. The van der Waals surface area contributed by atoms with Crippen LogP contribution in [-0.4, -0.2) is 56.4 Å². The summed E-state index contributed by atoms with van der Waals surface area (Å²) in [5.74, 6) is 1.63. The van der Waals surface area contributed by atoms with Crippen molar-refractivity contribution in [2.24, 2.45) is 0 Å². The molecule has 0 aromatic heterocycles. The van der Waals surface area contributed by atoms with E-state index in [2.05, 4.69) is 11.4 Å². The Morgan fingerprint density at radius 3 is 2.52 bits per heavy atom. The Labute approximate surface area is 172 Å². The highest BCUT2D eigenvalue weighted by atomic mass is 16.7. The highest BCUT2D eigenvalue weighted by Crippen LogP contribution is 2.40. The average Bonchev–Trinajstić information content (AvgIpc) is 3.22. The molecule has 29 heavy (non-hydrogen) atoms. The number of amides is 2. The second kappa shape index (κ2) is 9.96. The molecule has 7 heteroatoms. The van der Waals surface area contributed by atoms with Crippen LogP contribution in [0.25, 0.3) is 0 Å². The third-order valence-corrected chi connectivity index (χ3v) is 5.97. The van der Waals surface area contributed by atoms with Gasteiger partial charge < -0.3 is 24.4 Å². The maximum absolute atomic E-state index is 12.4. The Kier molecular flexibility index (Phi) is 7.36. The van der Waals surface area contributed by atoms with Crippen molar-refractivity contribution < 1.29 is 23.8 Å². The van der Waals surface area contributed by atoms with Crippen molar-refractivity contribution in [3.8, 4) is 11.5 Å². The number of hydrogen-bond donors (Lipinski definition) is 1. The van der Waals surface area contributed by atoms with Gasteiger partial charge in [0.05, 0.1) is 0 Å². The highest BCUT2D eigenvalue weighted by molar-refractivity contribution is 5.79. The van der Waals surface area contributed by atoms with Gasteiger partial charge in [-0.3, -0.25) is 9.59 Å². The van der Waals surface area contributed by atoms with Gasteiger partial charge in [-0.1, -0.05) is 6.07 Å². The van der Waals surface area contributed by atoms with E-state index in [0.29, 0.717) is 52.1 Å². The molecular weight excluding hydrogens is 372 g/mol. The molecule has 2 amide bonds. The summed E-state index contributed by atoms with van der Waals surface area (Å²) in [6, 6.07) is 6.03. The Hall–Kier alpha value is -2.28. The molecule has 1 N–H and O–H groups in total. The minimum absolute atomic E-state index is 0.0102. The molecule has 0 radical (unpaired) electrons. The smallest absolute Gasteiger partial charge is 0.231 e. The topological polar surface area (TPSA) is 77.1 Å². The van der Waals surface area contributed by atoms with Gasteiger partial charge >= 0.3 is 0 Å². The number of hydrogen-bond acceptors (Lipinski definition) is 5. The van der Waals surface area contributed by atoms with Gasteiger partial charge in [0.2, 0.25) is 18.6 Å². The first-order valence-corrected chi connectivity index (χ1v) is 10.6. The van der Waals surface area contributed by atoms with Crippen molar-refractivity contribution in [1.82, 2.24) is 10.2 Å². The number of nitrogens with zero attached hydrogens (tertiary/aromatic N) is 1. The molecule has 0 spiro atoms. The molecule has 0 saturated carbocycles. The first-order valence-electron chi connectivity index (χ1n) is 10.6. The summed E-state index contributed by atoms with van der Waals surface area (Å²) < 4.78 is 16.5. The van der Waals surface area contributed by atoms with Gasteiger partial charge in [0.25, 0.3) is 0 Å². The van der Waals surface area contributed by atoms with Crippen molar-refractivity contribution >= 4 is 11.8 Å². The van der Waals surface area contributed by atoms with Gasteiger partial charge in [-0.25, -0.2) is 0 Å². The molecule has 2 aliphatic heterocycles. The Balaban J connectivity index is 1.55. The molecule has 7 nitrogen and oxygen atoms in total. The largest absolute Gasteiger partial charge is 0.454 e. The van der Waals surface area contributed by atoms with Gasteiger partial charge in [-0.05, 0) is 50.8 Å². The monoisotopic (exact) mass is 404 g/mol. The second-order valence-electron chi connectivity index (χ2n) is 7.66. The first kappa shape index (κ1) is 21.4. The van der Waals surface area contributed by atoms with E-state index >= 15 is 0 Å². The van der Waals surface area contributed by atoms with E-state index in [4.69, 9.17) is 14.2 Å². The standard InChI is InChI=1S/C22H32N2O5/c1-3-24(4-2)21(26)7-5-6-20(25)23-15-22(10-12-27-13-11-22)17-8-9-18-19(14-17)29-16-28-18/h8-9,14H,3-7,10-13,15-16H2,1-2H3,(H,23,25). The van der Waals surface area contributed by atoms with Crippen LogP contribution in [0.3, 0.4) is 0 Å². The molecular formula is C22H32N2O5. The summed E-state index contributed by atoms with van der Waals surface area (Å²) >= 11 is 0. The van der Waals surface area contributed by atoms with E-state index in [0.717, 1.165) is 29.9 Å². The van der Waals surface area contributed by atoms with Crippen LogP contribution < -0.4 is 14.8 Å². The second-order valence-corrected chi connectivity index (χ2v) is 7.66. The van der Waals surface area contributed by atoms with Crippen molar-refractivity contribution in [2.45, 2.75) is 51.4 Å². The fraction of sp³-hybridized carbons (Fsp3) is 0.636. The van der Waals surface area contributed by atoms with Crippen LogP contribution in [0, 0.1) is 0 Å². The number of rotatable bonds is 9. The van der Waals surface area contributed by atoms with Crippen molar-refractivity contribution in [2.75, 3.05) is 39.6 Å². The lowest BCUT2D eigenvalue weighted by molar-refractivity contribution is -0.131. The van der Waals surface area contributed by atoms with Gasteiger partial charge in [-0.15, -0.1) is 0 Å². The summed E-state index contributed by atoms with van der Waals surface area (Å²) in [6.45, 7) is 7.50. The third-order valence-electron chi connectivity index (χ3n) is 5.97. The fourth-order valence-corrected chi connectivity index (χ4v) is 4.05. The molecule has 0 unspecified atom stereocenters. The lowest BCUT2D eigenvalue weighted by atomic mass is 9.74. The summed E-state index contributed by atoms with van der Waals surface area (Å²) in [7, 11) is 0. The van der Waals surface area contributed by atoms with Crippen molar-refractivity contribution in [3.05, 3.63) is 23.8 Å². The zero-order valence-corrected chi connectivity index (χ0v) is 17.5. The summed E-state index contributed by atoms with van der Waals surface area (Å²) in [6.07, 6.45) is 3.03. The molecule has 1 fully saturated rings. The van der Waals surface area contributed by atoms with E-state index in [1.165, 1.54) is 0 Å². The summed E-state index contributed by atoms with van der Waals surface area (Å²) in [5, 5.41) is 3.10. The van der Waals surface area contributed by atoms with Crippen LogP contribution in [-0.2, 0) is 19.7 Å². The highest BCUT2D eigenvalue weighted by Gasteiger charge is 2.36. The van der Waals surface area contributed by atoms with E-state index < -0.39 is 0 Å². The molecule has 2 aliphatic rings. The number of carbonyl (C=O) groups excluding carboxylic acids is 2. The molecule has 2 heterocycles. The SMILES string of the molecule is CCN(CC)C(=O)CCCC(=O)NCC1(c2ccc3c(c2)OCO3)CCOCC1. The van der Waals surface area contributed by atoms with Gasteiger partial charge in [0.1, 0.15) is 0 Å². The average molecular weight is 405 g/mol. The summed E-state index contributed by atoms with van der Waals surface area (Å²) in [5.41, 5.74) is 0.966. The van der Waals surface area contributed by atoms with Crippen LogP contribution in [0.15, 0.2) is 18.2 Å². The van der Waals surface area contributed by atoms with E-state index in [1.54, 1.807) is 4.90 Å². The molecule has 0 aliphatic carbocycles. The molecule has 0 bridgehead atoms. The van der Waals surface area contributed by atoms with Crippen LogP contribution in [0.1, 0.15) is 51.5 Å². The Bertz CT molecular complexity index is 711. The van der Waals surface area contributed by atoms with E-state index in [9.17, 15) is 9.59 Å². The predicted molar refractivity (Wildman–Crippen MR) is 109 cm³/mol.